The van der Waals surface area contributed by atoms with E-state index in [1.165, 1.54) is 0 Å². The standard InChI is InChI=1S/C10H16N2O2S2/c1-8-6-15-9(12-8)5-11-10(2)3-4-16(13,14)7-10/h6,11H,3-5,7H2,1-2H3. The van der Waals surface area contributed by atoms with Gasteiger partial charge in [-0.25, -0.2) is 13.4 Å². The molecule has 1 aromatic heterocycles. The number of aryl methyl sites for hydroxylation is 1. The summed E-state index contributed by atoms with van der Waals surface area (Å²) >= 11 is 1.61. The van der Waals surface area contributed by atoms with E-state index < -0.39 is 9.84 Å². The molecule has 0 bridgehead atoms. The van der Waals surface area contributed by atoms with Crippen LogP contribution in [-0.4, -0.2) is 30.4 Å². The molecule has 16 heavy (non-hydrogen) atoms. The summed E-state index contributed by atoms with van der Waals surface area (Å²) in [6.45, 7) is 4.59. The lowest BCUT2D eigenvalue weighted by Gasteiger charge is -2.23. The van der Waals surface area contributed by atoms with Crippen molar-refractivity contribution in [3.63, 3.8) is 0 Å². The number of thiazole rings is 1. The molecule has 0 spiro atoms. The molecular weight excluding hydrogens is 244 g/mol. The monoisotopic (exact) mass is 260 g/mol. The average molecular weight is 260 g/mol. The highest BCUT2D eigenvalue weighted by atomic mass is 32.2. The SMILES string of the molecule is Cc1csc(CNC2(C)CCS(=O)(=O)C2)n1. The third-order valence-corrected chi connectivity index (χ3v) is 5.71. The van der Waals surface area contributed by atoms with E-state index in [1.807, 2.05) is 19.2 Å². The fraction of sp³-hybridized carbons (Fsp3) is 0.700. The van der Waals surface area contributed by atoms with Gasteiger partial charge in [0.1, 0.15) is 5.01 Å². The van der Waals surface area contributed by atoms with Crippen LogP contribution in [0.2, 0.25) is 0 Å². The lowest BCUT2D eigenvalue weighted by atomic mass is 10.0. The number of sulfone groups is 1. The van der Waals surface area contributed by atoms with E-state index in [4.69, 9.17) is 0 Å². The molecule has 2 heterocycles. The molecule has 0 aliphatic carbocycles. The van der Waals surface area contributed by atoms with Crippen molar-refractivity contribution in [2.24, 2.45) is 0 Å². The quantitative estimate of drug-likeness (QED) is 0.884. The van der Waals surface area contributed by atoms with Crippen LogP contribution in [0.25, 0.3) is 0 Å². The van der Waals surface area contributed by atoms with Crippen LogP contribution in [0, 0.1) is 6.92 Å². The minimum Gasteiger partial charge on any atom is -0.304 e. The van der Waals surface area contributed by atoms with E-state index in [0.717, 1.165) is 10.7 Å². The molecule has 0 radical (unpaired) electrons. The van der Waals surface area contributed by atoms with Crippen LogP contribution in [0.4, 0.5) is 0 Å². The first-order valence-electron chi connectivity index (χ1n) is 5.25. The molecule has 1 aliphatic rings. The summed E-state index contributed by atoms with van der Waals surface area (Å²) in [7, 11) is -2.83. The average Bonchev–Trinajstić information content (AvgIpc) is 2.69. The molecule has 4 nitrogen and oxygen atoms in total. The smallest absolute Gasteiger partial charge is 0.152 e. The Morgan fingerprint density at radius 1 is 1.62 bits per heavy atom. The van der Waals surface area contributed by atoms with Crippen LogP contribution < -0.4 is 5.32 Å². The molecule has 1 N–H and O–H groups in total. The van der Waals surface area contributed by atoms with Gasteiger partial charge < -0.3 is 5.32 Å². The molecule has 1 atom stereocenters. The highest BCUT2D eigenvalue weighted by Crippen LogP contribution is 2.23. The van der Waals surface area contributed by atoms with Crippen molar-refractivity contribution in [1.82, 2.24) is 10.3 Å². The lowest BCUT2D eigenvalue weighted by Crippen LogP contribution is -2.42. The first-order valence-corrected chi connectivity index (χ1v) is 7.95. The number of rotatable bonds is 3. The summed E-state index contributed by atoms with van der Waals surface area (Å²) in [6, 6.07) is 0. The first kappa shape index (κ1) is 12.0. The number of nitrogens with one attached hydrogen (secondary N) is 1. The number of nitrogens with zero attached hydrogens (tertiary/aromatic N) is 1. The van der Waals surface area contributed by atoms with Gasteiger partial charge >= 0.3 is 0 Å². The highest BCUT2D eigenvalue weighted by Gasteiger charge is 2.37. The normalized spacial score (nSPS) is 28.4. The summed E-state index contributed by atoms with van der Waals surface area (Å²) in [5.41, 5.74) is 0.740. The molecule has 1 aliphatic heterocycles. The van der Waals surface area contributed by atoms with Crippen LogP contribution in [0.5, 0.6) is 0 Å². The van der Waals surface area contributed by atoms with Crippen molar-refractivity contribution in [2.75, 3.05) is 11.5 Å². The van der Waals surface area contributed by atoms with E-state index in [1.54, 1.807) is 11.3 Å². The maximum absolute atomic E-state index is 11.4. The van der Waals surface area contributed by atoms with E-state index >= 15 is 0 Å². The molecule has 0 aromatic carbocycles. The Morgan fingerprint density at radius 3 is 2.88 bits per heavy atom. The van der Waals surface area contributed by atoms with Crippen LogP contribution in [0.3, 0.4) is 0 Å². The molecule has 0 amide bonds. The van der Waals surface area contributed by atoms with E-state index in [9.17, 15) is 8.42 Å². The second-order valence-corrected chi connectivity index (χ2v) is 7.77. The lowest BCUT2D eigenvalue weighted by molar-refractivity contribution is 0.395. The summed E-state index contributed by atoms with van der Waals surface area (Å²) in [5, 5.41) is 6.33. The maximum Gasteiger partial charge on any atom is 0.152 e. The van der Waals surface area contributed by atoms with Crippen molar-refractivity contribution >= 4 is 21.2 Å². The number of aromatic nitrogens is 1. The van der Waals surface area contributed by atoms with Crippen LogP contribution >= 0.6 is 11.3 Å². The molecule has 1 aromatic rings. The predicted octanol–water partition coefficient (Wildman–Crippen LogP) is 1.12. The van der Waals surface area contributed by atoms with Crippen molar-refractivity contribution in [3.05, 3.63) is 16.1 Å². The van der Waals surface area contributed by atoms with E-state index in [2.05, 4.69) is 10.3 Å². The first-order chi connectivity index (χ1) is 7.39. The summed E-state index contributed by atoms with van der Waals surface area (Å²) < 4.78 is 22.8. The second kappa shape index (κ2) is 4.09. The molecule has 1 unspecified atom stereocenters. The Bertz CT molecular complexity index is 481. The van der Waals surface area contributed by atoms with Crippen molar-refractivity contribution < 1.29 is 8.42 Å². The second-order valence-electron chi connectivity index (χ2n) is 4.64. The van der Waals surface area contributed by atoms with Gasteiger partial charge in [0, 0.05) is 23.2 Å². The minimum atomic E-state index is -2.83. The van der Waals surface area contributed by atoms with Crippen LogP contribution in [-0.2, 0) is 16.4 Å². The topological polar surface area (TPSA) is 59.1 Å². The zero-order valence-electron chi connectivity index (χ0n) is 9.49. The fourth-order valence-corrected chi connectivity index (χ4v) is 4.76. The molecule has 6 heteroatoms. The minimum absolute atomic E-state index is 0.240. The third-order valence-electron chi connectivity index (χ3n) is 2.84. The zero-order valence-corrected chi connectivity index (χ0v) is 11.1. The van der Waals surface area contributed by atoms with Gasteiger partial charge in [-0.1, -0.05) is 0 Å². The van der Waals surface area contributed by atoms with Crippen molar-refractivity contribution in [2.45, 2.75) is 32.4 Å². The van der Waals surface area contributed by atoms with Gasteiger partial charge in [-0.3, -0.25) is 0 Å². The zero-order chi connectivity index (χ0) is 11.8. The van der Waals surface area contributed by atoms with Gasteiger partial charge in [0.05, 0.1) is 11.5 Å². The van der Waals surface area contributed by atoms with Gasteiger partial charge in [0.15, 0.2) is 9.84 Å². The van der Waals surface area contributed by atoms with Crippen molar-refractivity contribution in [3.8, 4) is 0 Å². The Kier molecular flexibility index (Phi) is 3.07. The Balaban J connectivity index is 1.96. The Morgan fingerprint density at radius 2 is 2.38 bits per heavy atom. The molecule has 90 valence electrons. The van der Waals surface area contributed by atoms with Gasteiger partial charge in [0.25, 0.3) is 0 Å². The summed E-state index contributed by atoms with van der Waals surface area (Å²) in [5.74, 6) is 0.539. The van der Waals surface area contributed by atoms with Crippen LogP contribution in [0.15, 0.2) is 5.38 Å². The van der Waals surface area contributed by atoms with Gasteiger partial charge in [0.2, 0.25) is 0 Å². The predicted molar refractivity (Wildman–Crippen MR) is 65.4 cm³/mol. The van der Waals surface area contributed by atoms with E-state index in [0.29, 0.717) is 18.7 Å². The molecular formula is C10H16N2O2S2. The van der Waals surface area contributed by atoms with Crippen LogP contribution in [0.1, 0.15) is 24.0 Å². The molecule has 1 fully saturated rings. The largest absolute Gasteiger partial charge is 0.304 e. The molecule has 2 rings (SSSR count). The Hall–Kier alpha value is -0.460. The van der Waals surface area contributed by atoms with Gasteiger partial charge in [-0.2, -0.15) is 0 Å². The van der Waals surface area contributed by atoms with Crippen molar-refractivity contribution in [1.29, 1.82) is 0 Å². The third kappa shape index (κ3) is 2.81. The highest BCUT2D eigenvalue weighted by molar-refractivity contribution is 7.91. The molecule has 1 saturated heterocycles. The summed E-state index contributed by atoms with van der Waals surface area (Å²) in [4.78, 5) is 4.35. The van der Waals surface area contributed by atoms with Gasteiger partial charge in [-0.15, -0.1) is 11.3 Å². The summed E-state index contributed by atoms with van der Waals surface area (Å²) in [6.07, 6.45) is 0.694. The Labute approximate surface area is 100 Å². The van der Waals surface area contributed by atoms with E-state index in [-0.39, 0.29) is 11.3 Å². The molecule has 0 saturated carbocycles. The fourth-order valence-electron chi connectivity index (χ4n) is 1.92. The maximum atomic E-state index is 11.4. The van der Waals surface area contributed by atoms with Gasteiger partial charge in [-0.05, 0) is 20.3 Å². The number of hydrogen-bond donors (Lipinski definition) is 1. The number of hydrogen-bond acceptors (Lipinski definition) is 5.